The highest BCUT2D eigenvalue weighted by molar-refractivity contribution is 14.1. The van der Waals surface area contributed by atoms with Crippen molar-refractivity contribution in [1.82, 2.24) is 0 Å². The number of alkyl halides is 1. The molecular weight excluding hydrogens is 351 g/mol. The molecule has 1 rings (SSSR count). The van der Waals surface area contributed by atoms with Crippen LogP contribution in [0.4, 0.5) is 0 Å². The van der Waals surface area contributed by atoms with Crippen molar-refractivity contribution in [2.45, 2.75) is 39.0 Å². The zero-order valence-corrected chi connectivity index (χ0v) is 13.9. The van der Waals surface area contributed by atoms with Crippen LogP contribution in [-0.2, 0) is 10.2 Å². The molecule has 0 unspecified atom stereocenters. The maximum atomic E-state index is 10.9. The van der Waals surface area contributed by atoms with Crippen molar-refractivity contribution >= 4 is 34.1 Å². The quantitative estimate of drug-likeness (QED) is 0.464. The van der Waals surface area contributed by atoms with Gasteiger partial charge in [0.05, 0.1) is 0 Å². The number of halogens is 1. The zero-order valence-electron chi connectivity index (χ0n) is 11.7. The summed E-state index contributed by atoms with van der Waals surface area (Å²) in [5.74, 6) is -0.872. The molecule has 19 heavy (non-hydrogen) atoms. The number of hydrogen-bond donors (Lipinski definition) is 1. The summed E-state index contributed by atoms with van der Waals surface area (Å²) in [5, 5.41) is 8.95. The molecule has 0 amide bonds. The van der Waals surface area contributed by atoms with Crippen LogP contribution in [0.3, 0.4) is 0 Å². The van der Waals surface area contributed by atoms with Crippen LogP contribution < -0.4 is 0 Å². The molecule has 0 radical (unpaired) electrons. The third kappa shape index (κ3) is 5.35. The Bertz CT molecular complexity index is 453. The van der Waals surface area contributed by atoms with Gasteiger partial charge in [-0.2, -0.15) is 0 Å². The molecule has 0 saturated carbocycles. The molecule has 0 atom stereocenters. The average molecular weight is 372 g/mol. The second kappa shape index (κ2) is 7.08. The fourth-order valence-corrected chi connectivity index (χ4v) is 2.27. The minimum absolute atomic E-state index is 0.122. The molecule has 1 N–H and O–H groups in total. The summed E-state index contributed by atoms with van der Waals surface area (Å²) in [4.78, 5) is 10.9. The fraction of sp³-hybridized carbons (Fsp3) is 0.438. The van der Waals surface area contributed by atoms with Crippen LogP contribution in [0.25, 0.3) is 5.57 Å². The molecule has 0 spiro atoms. The summed E-state index contributed by atoms with van der Waals surface area (Å²) in [6.45, 7) is 6.52. The van der Waals surface area contributed by atoms with Crippen LogP contribution in [0.5, 0.6) is 0 Å². The van der Waals surface area contributed by atoms with Crippen molar-refractivity contribution in [1.29, 1.82) is 0 Å². The first-order valence-corrected chi connectivity index (χ1v) is 7.97. The molecule has 0 heterocycles. The molecule has 3 heteroatoms. The Morgan fingerprint density at radius 3 is 2.26 bits per heavy atom. The number of carboxylic acids is 1. The molecule has 0 aromatic heterocycles. The largest absolute Gasteiger partial charge is 0.478 e. The molecule has 104 valence electrons. The molecule has 0 aliphatic heterocycles. The number of rotatable bonds is 5. The minimum atomic E-state index is -0.872. The van der Waals surface area contributed by atoms with E-state index in [-0.39, 0.29) is 5.41 Å². The molecule has 0 fully saturated rings. The van der Waals surface area contributed by atoms with E-state index in [4.69, 9.17) is 5.11 Å². The predicted molar refractivity (Wildman–Crippen MR) is 88.9 cm³/mol. The standard InChI is InChI=1S/C16H21IO2/c1-16(2,3)14-8-6-12(7-9-14)13(5-4-10-17)11-15(18)19/h6-9,11H,4-5,10H2,1-3H3,(H,18,19). The topological polar surface area (TPSA) is 37.3 Å². The summed E-state index contributed by atoms with van der Waals surface area (Å²) in [5.41, 5.74) is 3.31. The van der Waals surface area contributed by atoms with E-state index >= 15 is 0 Å². The van der Waals surface area contributed by atoms with E-state index < -0.39 is 5.97 Å². The Balaban J connectivity index is 3.01. The number of allylic oxidation sites excluding steroid dienone is 1. The molecule has 0 aliphatic rings. The Hall–Kier alpha value is -0.840. The van der Waals surface area contributed by atoms with Gasteiger partial charge in [-0.15, -0.1) is 0 Å². The van der Waals surface area contributed by atoms with E-state index in [1.807, 2.05) is 12.1 Å². The van der Waals surface area contributed by atoms with E-state index in [0.717, 1.165) is 28.4 Å². The lowest BCUT2D eigenvalue weighted by molar-refractivity contribution is -0.131. The van der Waals surface area contributed by atoms with Crippen molar-refractivity contribution in [2.24, 2.45) is 0 Å². The first kappa shape index (κ1) is 16.2. The normalized spacial score (nSPS) is 12.5. The smallest absolute Gasteiger partial charge is 0.328 e. The van der Waals surface area contributed by atoms with Crippen LogP contribution in [0.15, 0.2) is 30.3 Å². The first-order chi connectivity index (χ1) is 8.84. The van der Waals surface area contributed by atoms with Crippen molar-refractivity contribution in [3.63, 3.8) is 0 Å². The molecule has 1 aromatic rings. The Morgan fingerprint density at radius 1 is 1.26 bits per heavy atom. The Kier molecular flexibility index (Phi) is 6.04. The third-order valence-corrected chi connectivity index (χ3v) is 3.76. The molecule has 0 aliphatic carbocycles. The van der Waals surface area contributed by atoms with Crippen LogP contribution in [0.2, 0.25) is 0 Å². The van der Waals surface area contributed by atoms with Crippen molar-refractivity contribution < 1.29 is 9.90 Å². The van der Waals surface area contributed by atoms with E-state index in [0.29, 0.717) is 0 Å². The van der Waals surface area contributed by atoms with Gasteiger partial charge in [-0.1, -0.05) is 67.6 Å². The SMILES string of the molecule is CC(C)(C)c1ccc(C(=CC(=O)O)CCCI)cc1. The summed E-state index contributed by atoms with van der Waals surface area (Å²) in [6, 6.07) is 8.25. The van der Waals surface area contributed by atoms with Crippen LogP contribution >= 0.6 is 22.6 Å². The van der Waals surface area contributed by atoms with Gasteiger partial charge in [0.25, 0.3) is 0 Å². The van der Waals surface area contributed by atoms with E-state index in [2.05, 4.69) is 55.5 Å². The highest BCUT2D eigenvalue weighted by Gasteiger charge is 2.13. The van der Waals surface area contributed by atoms with Crippen LogP contribution in [0, 0.1) is 0 Å². The highest BCUT2D eigenvalue weighted by Crippen LogP contribution is 2.26. The maximum absolute atomic E-state index is 10.9. The number of carbonyl (C=O) groups is 1. The number of benzene rings is 1. The summed E-state index contributed by atoms with van der Waals surface area (Å²) >= 11 is 2.31. The number of aliphatic carboxylic acids is 1. The van der Waals surface area contributed by atoms with Gasteiger partial charge in [-0.25, -0.2) is 4.79 Å². The monoisotopic (exact) mass is 372 g/mol. The van der Waals surface area contributed by atoms with Gasteiger partial charge < -0.3 is 5.11 Å². The van der Waals surface area contributed by atoms with Crippen molar-refractivity contribution in [3.8, 4) is 0 Å². The minimum Gasteiger partial charge on any atom is -0.478 e. The second-order valence-corrected chi connectivity index (χ2v) is 6.71. The molecular formula is C16H21IO2. The summed E-state index contributed by atoms with van der Waals surface area (Å²) in [7, 11) is 0. The average Bonchev–Trinajstić information content (AvgIpc) is 2.33. The van der Waals surface area contributed by atoms with Gasteiger partial charge >= 0.3 is 5.97 Å². The van der Waals surface area contributed by atoms with E-state index in [1.54, 1.807) is 0 Å². The van der Waals surface area contributed by atoms with Gasteiger partial charge in [0.15, 0.2) is 0 Å². The first-order valence-electron chi connectivity index (χ1n) is 6.45. The molecule has 1 aromatic carbocycles. The third-order valence-electron chi connectivity index (χ3n) is 3.00. The lowest BCUT2D eigenvalue weighted by Crippen LogP contribution is -2.10. The summed E-state index contributed by atoms with van der Waals surface area (Å²) < 4.78 is 1.04. The van der Waals surface area contributed by atoms with Gasteiger partial charge in [-0.3, -0.25) is 0 Å². The van der Waals surface area contributed by atoms with Crippen molar-refractivity contribution in [2.75, 3.05) is 4.43 Å². The summed E-state index contributed by atoms with van der Waals surface area (Å²) in [6.07, 6.45) is 3.14. The lowest BCUT2D eigenvalue weighted by atomic mass is 9.86. The van der Waals surface area contributed by atoms with Crippen LogP contribution in [0.1, 0.15) is 44.7 Å². The molecule has 2 nitrogen and oxygen atoms in total. The molecule has 0 saturated heterocycles. The van der Waals surface area contributed by atoms with E-state index in [9.17, 15) is 4.79 Å². The van der Waals surface area contributed by atoms with Gasteiger partial charge in [0, 0.05) is 6.08 Å². The van der Waals surface area contributed by atoms with Gasteiger partial charge in [0.2, 0.25) is 0 Å². The number of carboxylic acid groups (broad SMARTS) is 1. The predicted octanol–water partition coefficient (Wildman–Crippen LogP) is 4.67. The maximum Gasteiger partial charge on any atom is 0.328 e. The Morgan fingerprint density at radius 2 is 1.84 bits per heavy atom. The number of hydrogen-bond acceptors (Lipinski definition) is 1. The van der Waals surface area contributed by atoms with Gasteiger partial charge in [-0.05, 0) is 39.4 Å². The van der Waals surface area contributed by atoms with Crippen LogP contribution in [-0.4, -0.2) is 15.5 Å². The lowest BCUT2D eigenvalue weighted by Gasteiger charge is -2.19. The van der Waals surface area contributed by atoms with E-state index in [1.165, 1.54) is 11.6 Å². The molecule has 0 bridgehead atoms. The Labute approximate surface area is 129 Å². The fourth-order valence-electron chi connectivity index (χ4n) is 1.89. The van der Waals surface area contributed by atoms with Crippen molar-refractivity contribution in [3.05, 3.63) is 41.5 Å². The second-order valence-electron chi connectivity index (χ2n) is 5.63. The highest BCUT2D eigenvalue weighted by atomic mass is 127. The van der Waals surface area contributed by atoms with Gasteiger partial charge in [0.1, 0.15) is 0 Å². The zero-order chi connectivity index (χ0) is 14.5.